The number of ether oxygens (including phenoxy) is 2. The second-order valence-electron chi connectivity index (χ2n) is 9.97. The van der Waals surface area contributed by atoms with Crippen LogP contribution in [0.1, 0.15) is 36.1 Å². The Balaban J connectivity index is 1.61. The van der Waals surface area contributed by atoms with Crippen LogP contribution in [0.15, 0.2) is 60.7 Å². The van der Waals surface area contributed by atoms with E-state index in [4.69, 9.17) is 9.47 Å². The molecule has 0 bridgehead atoms. The molecule has 8 rings (SSSR count). The Kier molecular flexibility index (Phi) is 3.09. The summed E-state index contributed by atoms with van der Waals surface area (Å²) in [4.78, 5) is 2.48. The smallest absolute Gasteiger partial charge is 0.140 e. The fourth-order valence-electron chi connectivity index (χ4n) is 6.15. The molecule has 4 aromatic rings. The van der Waals surface area contributed by atoms with Gasteiger partial charge in [0.25, 0.3) is 0 Å². The first kappa shape index (κ1) is 18.2. The van der Waals surface area contributed by atoms with Crippen LogP contribution in [0.25, 0.3) is 0 Å². The van der Waals surface area contributed by atoms with Crippen molar-refractivity contribution in [3.8, 4) is 23.0 Å². The van der Waals surface area contributed by atoms with Crippen molar-refractivity contribution in [1.29, 1.82) is 0 Å². The lowest BCUT2D eigenvalue weighted by atomic mass is 9.73. The first-order valence-electron chi connectivity index (χ1n) is 11.5. The number of hydrogen-bond acceptors (Lipinski definition) is 3. The minimum atomic E-state index is -0.773. The maximum Gasteiger partial charge on any atom is 0.140 e. The number of aryl methyl sites for hydroxylation is 2. The first-order chi connectivity index (χ1) is 16.0. The molecule has 4 heterocycles. The van der Waals surface area contributed by atoms with Crippen molar-refractivity contribution < 1.29 is 9.47 Å². The highest BCUT2D eigenvalue weighted by Crippen LogP contribution is 2.64. The zero-order chi connectivity index (χ0) is 22.2. The average molecular weight is 447 g/mol. The third kappa shape index (κ3) is 1.94. The fraction of sp³-hybridized carbons (Fsp3) is 0.172. The Morgan fingerprint density at radius 1 is 0.697 bits per heavy atom. The predicted octanol–water partition coefficient (Wildman–Crippen LogP) is 6.70. The lowest BCUT2D eigenvalue weighted by Crippen LogP contribution is -2.44. The Labute approximate surface area is 194 Å². The van der Waals surface area contributed by atoms with Crippen molar-refractivity contribution >= 4 is 40.9 Å². The largest absolute Gasteiger partial charge is 0.455 e. The summed E-state index contributed by atoms with van der Waals surface area (Å²) in [7, 11) is -0.773. The topological polar surface area (TPSA) is 21.7 Å². The van der Waals surface area contributed by atoms with E-state index < -0.39 is 7.92 Å². The molecule has 4 aromatic carbocycles. The van der Waals surface area contributed by atoms with Crippen molar-refractivity contribution in [3.63, 3.8) is 0 Å². The van der Waals surface area contributed by atoms with Gasteiger partial charge in [-0.05, 0) is 66.4 Å². The molecule has 0 amide bonds. The van der Waals surface area contributed by atoms with Crippen LogP contribution in [0.5, 0.6) is 23.0 Å². The van der Waals surface area contributed by atoms with Gasteiger partial charge in [-0.2, -0.15) is 0 Å². The van der Waals surface area contributed by atoms with E-state index in [1.807, 2.05) is 6.07 Å². The van der Waals surface area contributed by atoms with Crippen LogP contribution in [-0.4, -0.2) is 0 Å². The molecular formula is C29H22NO2P. The third-order valence-corrected chi connectivity index (χ3v) is 10.4. The Morgan fingerprint density at radius 3 is 2.21 bits per heavy atom. The van der Waals surface area contributed by atoms with Crippen LogP contribution in [-0.2, 0) is 5.41 Å². The number of anilines is 3. The molecule has 0 radical (unpaired) electrons. The number of fused-ring (bicyclic) bond motifs is 3. The maximum absolute atomic E-state index is 6.65. The summed E-state index contributed by atoms with van der Waals surface area (Å²) in [5.41, 5.74) is 8.84. The van der Waals surface area contributed by atoms with Gasteiger partial charge >= 0.3 is 0 Å². The summed E-state index contributed by atoms with van der Waals surface area (Å²) < 4.78 is 13.2. The van der Waals surface area contributed by atoms with E-state index in [9.17, 15) is 0 Å². The second kappa shape index (κ2) is 5.61. The summed E-state index contributed by atoms with van der Waals surface area (Å²) in [6.07, 6.45) is 0. The van der Waals surface area contributed by atoms with Crippen molar-refractivity contribution in [2.45, 2.75) is 33.1 Å². The number of rotatable bonds is 0. The molecule has 0 fully saturated rings. The van der Waals surface area contributed by atoms with E-state index in [0.717, 1.165) is 23.0 Å². The fourth-order valence-corrected chi connectivity index (χ4v) is 9.19. The number of para-hydroxylation sites is 1. The molecule has 0 N–H and O–H groups in total. The maximum atomic E-state index is 6.65. The van der Waals surface area contributed by atoms with Gasteiger partial charge in [0.2, 0.25) is 0 Å². The molecule has 1 atom stereocenters. The van der Waals surface area contributed by atoms with Crippen LogP contribution >= 0.6 is 7.92 Å². The van der Waals surface area contributed by atoms with Crippen LogP contribution in [0.2, 0.25) is 0 Å². The molecule has 0 saturated heterocycles. The molecule has 1 unspecified atom stereocenters. The number of nitrogens with zero attached hydrogens (tertiary/aromatic N) is 1. The Bertz CT molecular complexity index is 1570. The van der Waals surface area contributed by atoms with Gasteiger partial charge in [-0.1, -0.05) is 44.2 Å². The van der Waals surface area contributed by atoms with Gasteiger partial charge in [-0.15, -0.1) is 0 Å². The lowest BCUT2D eigenvalue weighted by Gasteiger charge is -2.50. The Morgan fingerprint density at radius 2 is 1.42 bits per heavy atom. The molecule has 0 aliphatic carbocycles. The van der Waals surface area contributed by atoms with Gasteiger partial charge in [0, 0.05) is 13.3 Å². The van der Waals surface area contributed by atoms with Gasteiger partial charge in [-0.3, -0.25) is 0 Å². The van der Waals surface area contributed by atoms with Crippen molar-refractivity contribution in [1.82, 2.24) is 0 Å². The zero-order valence-electron chi connectivity index (χ0n) is 19.0. The van der Waals surface area contributed by atoms with E-state index in [1.54, 1.807) is 0 Å². The minimum Gasteiger partial charge on any atom is -0.455 e. The summed E-state index contributed by atoms with van der Waals surface area (Å²) in [5, 5.41) is 3.90. The summed E-state index contributed by atoms with van der Waals surface area (Å²) in [5.74, 6) is 3.93. The highest BCUT2D eigenvalue weighted by molar-refractivity contribution is 7.81. The van der Waals surface area contributed by atoms with Crippen LogP contribution in [0.4, 0.5) is 17.1 Å². The van der Waals surface area contributed by atoms with E-state index in [-0.39, 0.29) is 5.41 Å². The van der Waals surface area contributed by atoms with Crippen molar-refractivity contribution in [2.24, 2.45) is 0 Å². The highest BCUT2D eigenvalue weighted by atomic mass is 31.1. The molecule has 0 saturated carbocycles. The monoisotopic (exact) mass is 447 g/mol. The van der Waals surface area contributed by atoms with Crippen LogP contribution in [0, 0.1) is 13.8 Å². The molecule has 0 aromatic heterocycles. The van der Waals surface area contributed by atoms with Gasteiger partial charge in [-0.25, -0.2) is 0 Å². The Hall–Kier alpha value is -3.29. The normalized spacial score (nSPS) is 18.7. The molecular weight excluding hydrogens is 425 g/mol. The van der Waals surface area contributed by atoms with Gasteiger partial charge in [0.05, 0.1) is 33.0 Å². The predicted molar refractivity (Wildman–Crippen MR) is 135 cm³/mol. The average Bonchev–Trinajstić information content (AvgIpc) is 2.82. The summed E-state index contributed by atoms with van der Waals surface area (Å²) in [6.45, 7) is 9.07. The summed E-state index contributed by atoms with van der Waals surface area (Å²) >= 11 is 0. The van der Waals surface area contributed by atoms with Gasteiger partial charge in [0.15, 0.2) is 0 Å². The molecule has 3 nitrogen and oxygen atoms in total. The first-order valence-corrected chi connectivity index (χ1v) is 12.8. The van der Waals surface area contributed by atoms with E-state index >= 15 is 0 Å². The van der Waals surface area contributed by atoms with Crippen molar-refractivity contribution in [2.75, 3.05) is 4.90 Å². The molecule has 4 aliphatic heterocycles. The second-order valence-corrected chi connectivity index (χ2v) is 12.0. The molecule has 4 heteroatoms. The van der Waals surface area contributed by atoms with Gasteiger partial charge in [0.1, 0.15) is 23.0 Å². The zero-order valence-corrected chi connectivity index (χ0v) is 19.9. The quantitative estimate of drug-likeness (QED) is 0.242. The standard InChI is InChI=1S/C29H22NO2P/c1-15-12-13-20-26-24(15)31-21-10-7-11-22-27(21)33(26)28-23-18(14-16(2)25(28)32-22)29(3,4)17-8-5-6-9-19(17)30(20)23/h5-14H,1-4H3. The van der Waals surface area contributed by atoms with Crippen LogP contribution in [0.3, 0.4) is 0 Å². The van der Waals surface area contributed by atoms with Crippen molar-refractivity contribution in [3.05, 3.63) is 82.9 Å². The highest BCUT2D eigenvalue weighted by Gasteiger charge is 2.50. The SMILES string of the molecule is Cc1ccc2c3c1Oc1cccc4c1P3c1c(c(C)cc3c1N2c1ccccc1C3(C)C)O4. The van der Waals surface area contributed by atoms with E-state index in [0.29, 0.717) is 0 Å². The minimum absolute atomic E-state index is 0.103. The molecule has 4 aliphatic rings. The number of hydrogen-bond donors (Lipinski definition) is 0. The van der Waals surface area contributed by atoms with E-state index in [2.05, 4.69) is 87.2 Å². The summed E-state index contributed by atoms with van der Waals surface area (Å²) in [6, 6.07) is 22.0. The molecule has 160 valence electrons. The van der Waals surface area contributed by atoms with Gasteiger partial charge < -0.3 is 14.4 Å². The molecule has 0 spiro atoms. The third-order valence-electron chi connectivity index (χ3n) is 7.73. The van der Waals surface area contributed by atoms with Crippen LogP contribution < -0.4 is 30.3 Å². The lowest BCUT2D eigenvalue weighted by molar-refractivity contribution is 0.462. The van der Waals surface area contributed by atoms with E-state index in [1.165, 1.54) is 55.2 Å². The molecule has 33 heavy (non-hydrogen) atoms. The number of benzene rings is 4.